The SMILES string of the molecule is NC(=O)COc1cccc2c(CCC(=O)NC(c3ccccc3)c3ccccc3)cccc12. The van der Waals surface area contributed by atoms with Gasteiger partial charge in [0.15, 0.2) is 6.61 Å². The summed E-state index contributed by atoms with van der Waals surface area (Å²) in [6.07, 6.45) is 0.931. The number of nitrogens with one attached hydrogen (secondary N) is 1. The van der Waals surface area contributed by atoms with Gasteiger partial charge in [-0.25, -0.2) is 0 Å². The van der Waals surface area contributed by atoms with Crippen LogP contribution in [0.15, 0.2) is 97.1 Å². The maximum Gasteiger partial charge on any atom is 0.255 e. The molecule has 33 heavy (non-hydrogen) atoms. The summed E-state index contributed by atoms with van der Waals surface area (Å²) >= 11 is 0. The van der Waals surface area contributed by atoms with Gasteiger partial charge in [0.2, 0.25) is 5.91 Å². The standard InChI is InChI=1S/C28H26N2O3/c29-26(31)19-33-25-16-8-14-23-20(13-7-15-24(23)25)17-18-27(32)30-28(21-9-3-1-4-10-21)22-11-5-2-6-12-22/h1-16,28H,17-19H2,(H2,29,31)(H,30,32). The van der Waals surface area contributed by atoms with Crippen LogP contribution < -0.4 is 15.8 Å². The van der Waals surface area contributed by atoms with Crippen molar-refractivity contribution in [2.45, 2.75) is 18.9 Å². The fourth-order valence-electron chi connectivity index (χ4n) is 3.97. The van der Waals surface area contributed by atoms with Crippen LogP contribution in [0.5, 0.6) is 5.75 Å². The van der Waals surface area contributed by atoms with E-state index in [1.165, 1.54) is 0 Å². The van der Waals surface area contributed by atoms with Crippen molar-refractivity contribution in [3.63, 3.8) is 0 Å². The Morgan fingerprint density at radius 3 is 2.00 bits per heavy atom. The van der Waals surface area contributed by atoms with Gasteiger partial charge in [-0.05, 0) is 34.6 Å². The van der Waals surface area contributed by atoms with Crippen LogP contribution in [0.2, 0.25) is 0 Å². The quantitative estimate of drug-likeness (QED) is 0.402. The summed E-state index contributed by atoms with van der Waals surface area (Å²) in [5, 5.41) is 5.08. The van der Waals surface area contributed by atoms with Crippen molar-refractivity contribution < 1.29 is 14.3 Å². The Bertz CT molecular complexity index is 1200. The number of nitrogens with two attached hydrogens (primary N) is 1. The molecule has 0 saturated carbocycles. The Morgan fingerprint density at radius 2 is 1.36 bits per heavy atom. The van der Waals surface area contributed by atoms with Crippen molar-refractivity contribution in [2.24, 2.45) is 5.73 Å². The van der Waals surface area contributed by atoms with E-state index < -0.39 is 5.91 Å². The maximum absolute atomic E-state index is 13.0. The Kier molecular flexibility index (Phi) is 7.00. The van der Waals surface area contributed by atoms with Crippen molar-refractivity contribution in [2.75, 3.05) is 6.61 Å². The summed E-state index contributed by atoms with van der Waals surface area (Å²) in [6, 6.07) is 31.3. The van der Waals surface area contributed by atoms with Gasteiger partial charge in [0.1, 0.15) is 5.75 Å². The molecule has 2 amide bonds. The molecule has 0 atom stereocenters. The lowest BCUT2D eigenvalue weighted by Gasteiger charge is -2.20. The summed E-state index contributed by atoms with van der Waals surface area (Å²) in [5.41, 5.74) is 8.34. The highest BCUT2D eigenvalue weighted by Gasteiger charge is 2.17. The summed E-state index contributed by atoms with van der Waals surface area (Å²) in [7, 11) is 0. The van der Waals surface area contributed by atoms with E-state index in [4.69, 9.17) is 10.5 Å². The number of ether oxygens (including phenoxy) is 1. The largest absolute Gasteiger partial charge is 0.483 e. The molecular weight excluding hydrogens is 412 g/mol. The first-order valence-corrected chi connectivity index (χ1v) is 10.9. The second kappa shape index (κ2) is 10.5. The smallest absolute Gasteiger partial charge is 0.255 e. The zero-order valence-electron chi connectivity index (χ0n) is 18.2. The summed E-state index contributed by atoms with van der Waals surface area (Å²) in [6.45, 7) is -0.174. The van der Waals surface area contributed by atoms with Crippen molar-refractivity contribution in [3.05, 3.63) is 114 Å². The normalized spacial score (nSPS) is 10.8. The lowest BCUT2D eigenvalue weighted by atomic mass is 9.97. The van der Waals surface area contributed by atoms with Crippen LogP contribution >= 0.6 is 0 Å². The molecule has 0 aliphatic carbocycles. The number of benzene rings is 4. The minimum atomic E-state index is -0.522. The van der Waals surface area contributed by atoms with E-state index in [0.29, 0.717) is 18.6 Å². The molecular formula is C28H26N2O3. The monoisotopic (exact) mass is 438 g/mol. The van der Waals surface area contributed by atoms with Gasteiger partial charge >= 0.3 is 0 Å². The molecule has 0 spiro atoms. The van der Waals surface area contributed by atoms with Gasteiger partial charge < -0.3 is 15.8 Å². The van der Waals surface area contributed by atoms with E-state index in [9.17, 15) is 9.59 Å². The van der Waals surface area contributed by atoms with Gasteiger partial charge in [0.25, 0.3) is 5.91 Å². The Morgan fingerprint density at radius 1 is 0.758 bits per heavy atom. The van der Waals surface area contributed by atoms with Crippen molar-refractivity contribution in [1.29, 1.82) is 0 Å². The highest BCUT2D eigenvalue weighted by molar-refractivity contribution is 5.91. The van der Waals surface area contributed by atoms with Crippen molar-refractivity contribution >= 4 is 22.6 Å². The summed E-state index contributed by atoms with van der Waals surface area (Å²) < 4.78 is 5.56. The van der Waals surface area contributed by atoms with Gasteiger partial charge in [0.05, 0.1) is 6.04 Å². The maximum atomic E-state index is 13.0. The molecule has 0 bridgehead atoms. The number of primary amides is 1. The molecule has 4 rings (SSSR count). The van der Waals surface area contributed by atoms with Crippen LogP contribution in [0.25, 0.3) is 10.8 Å². The van der Waals surface area contributed by atoms with Crippen LogP contribution in [0.4, 0.5) is 0 Å². The Hall–Kier alpha value is -4.12. The predicted molar refractivity (Wildman–Crippen MR) is 130 cm³/mol. The van der Waals surface area contributed by atoms with E-state index in [-0.39, 0.29) is 18.6 Å². The number of hydrogen-bond donors (Lipinski definition) is 2. The number of amides is 2. The van der Waals surface area contributed by atoms with E-state index in [2.05, 4.69) is 5.32 Å². The van der Waals surface area contributed by atoms with Crippen molar-refractivity contribution in [1.82, 2.24) is 5.32 Å². The van der Waals surface area contributed by atoms with Crippen LogP contribution in [0.1, 0.15) is 29.2 Å². The number of carbonyl (C=O) groups is 2. The second-order valence-electron chi connectivity index (χ2n) is 7.85. The summed E-state index contributed by atoms with van der Waals surface area (Å²) in [4.78, 5) is 24.1. The molecule has 0 aromatic heterocycles. The summed E-state index contributed by atoms with van der Waals surface area (Å²) in [5.74, 6) is 0.0582. The molecule has 0 unspecified atom stereocenters. The molecule has 3 N–H and O–H groups in total. The highest BCUT2D eigenvalue weighted by Crippen LogP contribution is 2.29. The molecule has 0 fully saturated rings. The van der Waals surface area contributed by atoms with Gasteiger partial charge in [-0.1, -0.05) is 91.0 Å². The number of fused-ring (bicyclic) bond motifs is 1. The number of hydrogen-bond acceptors (Lipinski definition) is 3. The third-order valence-corrected chi connectivity index (χ3v) is 5.53. The van der Waals surface area contributed by atoms with E-state index >= 15 is 0 Å². The van der Waals surface area contributed by atoms with E-state index in [1.807, 2.05) is 97.1 Å². The zero-order valence-corrected chi connectivity index (χ0v) is 18.2. The third kappa shape index (κ3) is 5.57. The number of aryl methyl sites for hydroxylation is 1. The first-order chi connectivity index (χ1) is 16.1. The molecule has 0 heterocycles. The molecule has 166 valence electrons. The first kappa shape index (κ1) is 22.1. The topological polar surface area (TPSA) is 81.4 Å². The zero-order chi connectivity index (χ0) is 23.0. The highest BCUT2D eigenvalue weighted by atomic mass is 16.5. The molecule has 0 saturated heterocycles. The molecule has 0 radical (unpaired) electrons. The van der Waals surface area contributed by atoms with Gasteiger partial charge in [-0.3, -0.25) is 9.59 Å². The Labute approximate surface area is 193 Å². The van der Waals surface area contributed by atoms with Crippen LogP contribution in [-0.4, -0.2) is 18.4 Å². The molecule has 4 aromatic rings. The molecule has 5 heteroatoms. The van der Waals surface area contributed by atoms with Crippen LogP contribution in [0, 0.1) is 0 Å². The average Bonchev–Trinajstić information content (AvgIpc) is 2.85. The fourth-order valence-corrected chi connectivity index (χ4v) is 3.97. The van der Waals surface area contributed by atoms with Gasteiger partial charge in [-0.15, -0.1) is 0 Å². The fraction of sp³-hybridized carbons (Fsp3) is 0.143. The first-order valence-electron chi connectivity index (χ1n) is 10.9. The third-order valence-electron chi connectivity index (χ3n) is 5.53. The minimum Gasteiger partial charge on any atom is -0.483 e. The van der Waals surface area contributed by atoms with Crippen LogP contribution in [-0.2, 0) is 16.0 Å². The Balaban J connectivity index is 1.50. The molecule has 5 nitrogen and oxygen atoms in total. The van der Waals surface area contributed by atoms with Crippen LogP contribution in [0.3, 0.4) is 0 Å². The predicted octanol–water partition coefficient (Wildman–Crippen LogP) is 4.54. The molecule has 0 aliphatic rings. The minimum absolute atomic E-state index is 0.0224. The molecule has 4 aromatic carbocycles. The van der Waals surface area contributed by atoms with Gasteiger partial charge in [-0.2, -0.15) is 0 Å². The average molecular weight is 439 g/mol. The van der Waals surface area contributed by atoms with E-state index in [0.717, 1.165) is 27.5 Å². The number of rotatable bonds is 9. The van der Waals surface area contributed by atoms with E-state index in [1.54, 1.807) is 0 Å². The lowest BCUT2D eigenvalue weighted by Crippen LogP contribution is -2.29. The second-order valence-corrected chi connectivity index (χ2v) is 7.85. The van der Waals surface area contributed by atoms with Crippen molar-refractivity contribution in [3.8, 4) is 5.75 Å². The number of carbonyl (C=O) groups excluding carboxylic acids is 2. The lowest BCUT2D eigenvalue weighted by molar-refractivity contribution is -0.121. The van der Waals surface area contributed by atoms with Gasteiger partial charge in [0, 0.05) is 11.8 Å². The molecule has 0 aliphatic heterocycles.